The topological polar surface area (TPSA) is 112 Å². The highest BCUT2D eigenvalue weighted by molar-refractivity contribution is 5.98. The third kappa shape index (κ3) is 3.41. The van der Waals surface area contributed by atoms with Gasteiger partial charge in [0.15, 0.2) is 5.60 Å². The zero-order valence-corrected chi connectivity index (χ0v) is 21.0. The SMILES string of the molecule is CCCNCCc1ccc2c3c(c4c(nc13)-c1cc3c(c(=O)n1C4)COC(=O)[C@]3(O)CC)OCO2.Cl. The number of hydrogen-bond donors (Lipinski definition) is 2. The summed E-state index contributed by atoms with van der Waals surface area (Å²) in [4.78, 5) is 31.0. The number of rotatable bonds is 6. The summed E-state index contributed by atoms with van der Waals surface area (Å²) in [7, 11) is 0. The van der Waals surface area contributed by atoms with E-state index in [1.54, 1.807) is 17.6 Å². The first-order chi connectivity index (χ1) is 17.0. The summed E-state index contributed by atoms with van der Waals surface area (Å²) in [5, 5.41) is 15.4. The van der Waals surface area contributed by atoms with Crippen LogP contribution in [0.15, 0.2) is 23.0 Å². The lowest BCUT2D eigenvalue weighted by Gasteiger charge is -2.31. The van der Waals surface area contributed by atoms with Crippen molar-refractivity contribution < 1.29 is 24.1 Å². The standard InChI is InChI=1S/C26H27N3O6.ClH/c1-3-8-27-9-7-14-5-6-19-20-21(14)28-22-15(23(20)35-13-34-19)11-29-18(22)10-17-16(24(29)30)12-33-25(31)26(17,32)4-2;/h5-6,10,27,32H,3-4,7-9,11-13H2,1-2H3;1H/t26-;/m0./s1. The number of ether oxygens (including phenoxy) is 3. The van der Waals surface area contributed by atoms with Crippen molar-refractivity contribution in [3.63, 3.8) is 0 Å². The van der Waals surface area contributed by atoms with Crippen molar-refractivity contribution in [3.05, 3.63) is 50.8 Å². The number of fused-ring (bicyclic) bond motifs is 5. The number of nitrogens with one attached hydrogen (secondary N) is 1. The molecule has 1 atom stereocenters. The summed E-state index contributed by atoms with van der Waals surface area (Å²) in [6, 6.07) is 5.71. The second-order valence-corrected chi connectivity index (χ2v) is 9.22. The summed E-state index contributed by atoms with van der Waals surface area (Å²) < 4.78 is 18.5. The van der Waals surface area contributed by atoms with E-state index in [1.165, 1.54) is 0 Å². The van der Waals surface area contributed by atoms with Crippen molar-refractivity contribution in [2.45, 2.75) is 51.9 Å². The summed E-state index contributed by atoms with van der Waals surface area (Å²) in [5.74, 6) is 0.654. The van der Waals surface area contributed by atoms with Gasteiger partial charge in [0.2, 0.25) is 6.79 Å². The van der Waals surface area contributed by atoms with E-state index in [-0.39, 0.29) is 44.3 Å². The van der Waals surface area contributed by atoms with Gasteiger partial charge < -0.3 is 29.2 Å². The maximum Gasteiger partial charge on any atom is 0.343 e. The average molecular weight is 514 g/mol. The van der Waals surface area contributed by atoms with Crippen molar-refractivity contribution in [2.24, 2.45) is 0 Å². The monoisotopic (exact) mass is 513 g/mol. The number of nitrogens with zero attached hydrogens (tertiary/aromatic N) is 2. The van der Waals surface area contributed by atoms with Gasteiger partial charge in [0, 0.05) is 11.1 Å². The number of carbonyl (C=O) groups excluding carboxylic acids is 1. The molecular formula is C26H28ClN3O6. The highest BCUT2D eigenvalue weighted by Gasteiger charge is 2.45. The summed E-state index contributed by atoms with van der Waals surface area (Å²) >= 11 is 0. The van der Waals surface area contributed by atoms with E-state index < -0.39 is 11.6 Å². The van der Waals surface area contributed by atoms with Gasteiger partial charge in [-0.05, 0) is 50.0 Å². The molecule has 36 heavy (non-hydrogen) atoms. The van der Waals surface area contributed by atoms with Gasteiger partial charge in [-0.15, -0.1) is 12.4 Å². The first-order valence-corrected chi connectivity index (χ1v) is 12.1. The van der Waals surface area contributed by atoms with Gasteiger partial charge >= 0.3 is 5.97 Å². The minimum absolute atomic E-state index is 0. The van der Waals surface area contributed by atoms with Crippen LogP contribution in [0.25, 0.3) is 22.3 Å². The number of carbonyl (C=O) groups is 1. The molecule has 0 fully saturated rings. The Morgan fingerprint density at radius 1 is 1.14 bits per heavy atom. The average Bonchev–Trinajstić information content (AvgIpc) is 3.25. The van der Waals surface area contributed by atoms with Crippen LogP contribution in [0.5, 0.6) is 11.5 Å². The lowest BCUT2D eigenvalue weighted by atomic mass is 9.86. The van der Waals surface area contributed by atoms with Crippen LogP contribution in [-0.4, -0.2) is 40.5 Å². The van der Waals surface area contributed by atoms with E-state index in [1.807, 2.05) is 12.1 Å². The molecule has 3 aromatic rings. The highest BCUT2D eigenvalue weighted by atomic mass is 35.5. The molecule has 5 heterocycles. The van der Waals surface area contributed by atoms with E-state index in [0.717, 1.165) is 48.0 Å². The zero-order chi connectivity index (χ0) is 24.3. The Bertz CT molecular complexity index is 1450. The fraction of sp³-hybridized carbons (Fsp3) is 0.423. The van der Waals surface area contributed by atoms with Crippen molar-refractivity contribution in [1.29, 1.82) is 0 Å². The van der Waals surface area contributed by atoms with Gasteiger partial charge in [-0.25, -0.2) is 9.78 Å². The van der Waals surface area contributed by atoms with Crippen LogP contribution in [0.4, 0.5) is 0 Å². The lowest BCUT2D eigenvalue weighted by Crippen LogP contribution is -2.44. The van der Waals surface area contributed by atoms with E-state index in [2.05, 4.69) is 12.2 Å². The lowest BCUT2D eigenvalue weighted by molar-refractivity contribution is -0.172. The first kappa shape index (κ1) is 24.5. The third-order valence-corrected chi connectivity index (χ3v) is 7.25. The van der Waals surface area contributed by atoms with Gasteiger partial charge in [0.1, 0.15) is 18.1 Å². The zero-order valence-electron chi connectivity index (χ0n) is 20.2. The van der Waals surface area contributed by atoms with Gasteiger partial charge in [0.05, 0.1) is 34.4 Å². The number of esters is 1. The molecule has 1 aromatic carbocycles. The molecule has 6 rings (SSSR count). The van der Waals surface area contributed by atoms with Crippen LogP contribution in [0.1, 0.15) is 48.9 Å². The number of cyclic esters (lactones) is 1. The minimum atomic E-state index is -1.86. The molecular weight excluding hydrogens is 486 g/mol. The second-order valence-electron chi connectivity index (χ2n) is 9.22. The predicted molar refractivity (Wildman–Crippen MR) is 135 cm³/mol. The Labute approximate surface area is 213 Å². The second kappa shape index (κ2) is 9.06. The van der Waals surface area contributed by atoms with Crippen LogP contribution in [0.2, 0.25) is 0 Å². The summed E-state index contributed by atoms with van der Waals surface area (Å²) in [6.45, 7) is 5.79. The summed E-state index contributed by atoms with van der Waals surface area (Å²) in [5.41, 5.74) is 2.29. The van der Waals surface area contributed by atoms with E-state index >= 15 is 0 Å². The molecule has 0 amide bonds. The molecule has 2 aromatic heterocycles. The molecule has 10 heteroatoms. The van der Waals surface area contributed by atoms with Crippen LogP contribution in [0, 0.1) is 0 Å². The number of halogens is 1. The Balaban J connectivity index is 0.00000267. The summed E-state index contributed by atoms with van der Waals surface area (Å²) in [6.07, 6.45) is 1.94. The molecule has 0 spiro atoms. The quantitative estimate of drug-likeness (QED) is 0.299. The van der Waals surface area contributed by atoms with Crippen LogP contribution >= 0.6 is 12.4 Å². The predicted octanol–water partition coefficient (Wildman–Crippen LogP) is 2.77. The number of benzene rings is 1. The van der Waals surface area contributed by atoms with Crippen molar-refractivity contribution in [1.82, 2.24) is 14.9 Å². The fourth-order valence-corrected chi connectivity index (χ4v) is 5.33. The Morgan fingerprint density at radius 3 is 2.75 bits per heavy atom. The van der Waals surface area contributed by atoms with Crippen molar-refractivity contribution in [3.8, 4) is 22.9 Å². The van der Waals surface area contributed by atoms with E-state index in [0.29, 0.717) is 34.0 Å². The molecule has 190 valence electrons. The van der Waals surface area contributed by atoms with Gasteiger partial charge in [-0.1, -0.05) is 19.9 Å². The first-order valence-electron chi connectivity index (χ1n) is 12.1. The number of aromatic nitrogens is 2. The van der Waals surface area contributed by atoms with E-state index in [9.17, 15) is 14.7 Å². The molecule has 0 aliphatic carbocycles. The maximum absolute atomic E-state index is 13.5. The van der Waals surface area contributed by atoms with Crippen LogP contribution in [-0.2, 0) is 34.7 Å². The Morgan fingerprint density at radius 2 is 1.97 bits per heavy atom. The highest BCUT2D eigenvalue weighted by Crippen LogP contribution is 2.47. The number of hydrogen-bond acceptors (Lipinski definition) is 8. The number of pyridine rings is 2. The molecule has 3 aliphatic rings. The molecule has 0 radical (unpaired) electrons. The largest absolute Gasteiger partial charge is 0.458 e. The van der Waals surface area contributed by atoms with Crippen molar-refractivity contribution >= 4 is 29.3 Å². The van der Waals surface area contributed by atoms with Gasteiger partial charge in [0.25, 0.3) is 5.56 Å². The molecule has 0 saturated carbocycles. The molecule has 3 aliphatic heterocycles. The fourth-order valence-electron chi connectivity index (χ4n) is 5.33. The molecule has 9 nitrogen and oxygen atoms in total. The van der Waals surface area contributed by atoms with Gasteiger partial charge in [-0.2, -0.15) is 0 Å². The molecule has 0 bridgehead atoms. The molecule has 0 unspecified atom stereocenters. The number of aliphatic hydroxyl groups is 1. The third-order valence-electron chi connectivity index (χ3n) is 7.25. The molecule has 0 saturated heterocycles. The van der Waals surface area contributed by atoms with Crippen molar-refractivity contribution in [2.75, 3.05) is 19.9 Å². The maximum atomic E-state index is 13.5. The molecule has 2 N–H and O–H groups in total. The van der Waals surface area contributed by atoms with Gasteiger partial charge in [-0.3, -0.25) is 4.79 Å². The Kier molecular flexibility index (Phi) is 6.18. The van der Waals surface area contributed by atoms with E-state index in [4.69, 9.17) is 19.2 Å². The van der Waals surface area contributed by atoms with Crippen LogP contribution < -0.4 is 20.3 Å². The minimum Gasteiger partial charge on any atom is -0.458 e. The normalized spacial score (nSPS) is 18.9. The smallest absolute Gasteiger partial charge is 0.343 e. The Hall–Kier alpha value is -3.14. The van der Waals surface area contributed by atoms with Crippen LogP contribution in [0.3, 0.4) is 0 Å².